The number of H-pyrrole nitrogens is 1. The molecule has 0 aliphatic heterocycles. The lowest BCUT2D eigenvalue weighted by atomic mass is 10.3. The number of carbonyl (C=O) groups is 1. The van der Waals surface area contributed by atoms with Crippen LogP contribution in [0.15, 0.2) is 36.7 Å². The summed E-state index contributed by atoms with van der Waals surface area (Å²) in [7, 11) is 0. The zero-order valence-electron chi connectivity index (χ0n) is 8.68. The molecule has 0 saturated heterocycles. The Kier molecular flexibility index (Phi) is 2.34. The van der Waals surface area contributed by atoms with Gasteiger partial charge in [0.15, 0.2) is 11.0 Å². The second-order valence-electron chi connectivity index (χ2n) is 3.38. The van der Waals surface area contributed by atoms with Gasteiger partial charge in [-0.3, -0.25) is 10.1 Å². The van der Waals surface area contributed by atoms with E-state index in [2.05, 4.69) is 20.3 Å². The van der Waals surface area contributed by atoms with E-state index in [-0.39, 0.29) is 11.7 Å². The lowest BCUT2D eigenvalue weighted by Crippen LogP contribution is -2.13. The van der Waals surface area contributed by atoms with Gasteiger partial charge in [-0.15, -0.1) is 0 Å². The summed E-state index contributed by atoms with van der Waals surface area (Å²) >= 11 is 1.44. The van der Waals surface area contributed by atoms with Gasteiger partial charge >= 0.3 is 0 Å². The van der Waals surface area contributed by atoms with Crippen LogP contribution in [0.4, 0.5) is 5.13 Å². The first-order valence-electron chi connectivity index (χ1n) is 4.99. The highest BCUT2D eigenvalue weighted by atomic mass is 32.1. The average molecular weight is 244 g/mol. The number of aromatic amines is 1. The van der Waals surface area contributed by atoms with Crippen molar-refractivity contribution in [2.24, 2.45) is 0 Å². The van der Waals surface area contributed by atoms with Crippen LogP contribution >= 0.6 is 11.3 Å². The highest BCUT2D eigenvalue weighted by Crippen LogP contribution is 2.25. The topological polar surface area (TPSA) is 70.7 Å². The van der Waals surface area contributed by atoms with E-state index in [1.54, 1.807) is 6.20 Å². The fraction of sp³-hybridized carbons (Fsp3) is 0. The number of imidazole rings is 1. The highest BCUT2D eigenvalue weighted by Gasteiger charge is 2.10. The number of fused-ring (bicyclic) bond motifs is 1. The molecule has 0 radical (unpaired) electrons. The summed E-state index contributed by atoms with van der Waals surface area (Å²) in [5.41, 5.74) is 0.882. The molecule has 0 aliphatic carbocycles. The van der Waals surface area contributed by atoms with E-state index in [0.29, 0.717) is 5.13 Å². The molecule has 0 unspecified atom stereocenters. The van der Waals surface area contributed by atoms with Crippen LogP contribution in [0, 0.1) is 0 Å². The molecule has 0 spiro atoms. The zero-order valence-corrected chi connectivity index (χ0v) is 9.49. The maximum Gasteiger partial charge on any atom is 0.293 e. The summed E-state index contributed by atoms with van der Waals surface area (Å²) in [6.07, 6.45) is 3.14. The summed E-state index contributed by atoms with van der Waals surface area (Å²) in [4.78, 5) is 22.6. The minimum Gasteiger partial charge on any atom is -0.341 e. The molecular formula is C11H8N4OS. The third kappa shape index (κ3) is 1.90. The molecule has 6 heteroatoms. The van der Waals surface area contributed by atoms with Gasteiger partial charge in [0.25, 0.3) is 5.91 Å². The Morgan fingerprint density at radius 3 is 3.00 bits per heavy atom. The summed E-state index contributed by atoms with van der Waals surface area (Å²) in [5, 5.41) is 3.28. The number of hydrogen-bond donors (Lipinski definition) is 2. The van der Waals surface area contributed by atoms with Gasteiger partial charge < -0.3 is 4.98 Å². The van der Waals surface area contributed by atoms with E-state index >= 15 is 0 Å². The van der Waals surface area contributed by atoms with Crippen LogP contribution in [0.5, 0.6) is 0 Å². The molecule has 0 saturated carbocycles. The maximum absolute atomic E-state index is 11.7. The number of carbonyl (C=O) groups excluding carboxylic acids is 1. The molecular weight excluding hydrogens is 236 g/mol. The lowest BCUT2D eigenvalue weighted by Gasteiger charge is -1.96. The summed E-state index contributed by atoms with van der Waals surface area (Å²) in [6.45, 7) is 0. The Morgan fingerprint density at radius 2 is 2.24 bits per heavy atom. The second-order valence-corrected chi connectivity index (χ2v) is 4.41. The van der Waals surface area contributed by atoms with Gasteiger partial charge in [0.05, 0.1) is 10.2 Å². The largest absolute Gasteiger partial charge is 0.341 e. The molecule has 1 amide bonds. The number of anilines is 1. The first kappa shape index (κ1) is 9.98. The molecule has 17 heavy (non-hydrogen) atoms. The molecule has 3 rings (SSSR count). The predicted octanol–water partition coefficient (Wildman–Crippen LogP) is 2.27. The van der Waals surface area contributed by atoms with Crippen molar-refractivity contribution in [3.63, 3.8) is 0 Å². The molecule has 2 heterocycles. The average Bonchev–Trinajstić information content (AvgIpc) is 2.97. The number of nitrogens with zero attached hydrogens (tertiary/aromatic N) is 2. The Morgan fingerprint density at radius 1 is 1.35 bits per heavy atom. The highest BCUT2D eigenvalue weighted by molar-refractivity contribution is 7.22. The van der Waals surface area contributed by atoms with Gasteiger partial charge in [0, 0.05) is 12.4 Å². The summed E-state index contributed by atoms with van der Waals surface area (Å²) in [5.74, 6) is -0.00156. The fourth-order valence-corrected chi connectivity index (χ4v) is 2.33. The van der Waals surface area contributed by atoms with E-state index in [1.165, 1.54) is 17.5 Å². The van der Waals surface area contributed by atoms with E-state index in [0.717, 1.165) is 10.2 Å². The lowest BCUT2D eigenvalue weighted by molar-refractivity contribution is 0.101. The number of para-hydroxylation sites is 1. The van der Waals surface area contributed by atoms with E-state index < -0.39 is 0 Å². The smallest absolute Gasteiger partial charge is 0.293 e. The van der Waals surface area contributed by atoms with Crippen LogP contribution in [0.25, 0.3) is 10.2 Å². The van der Waals surface area contributed by atoms with Crippen LogP contribution in [0.2, 0.25) is 0 Å². The van der Waals surface area contributed by atoms with E-state index in [9.17, 15) is 4.79 Å². The number of benzene rings is 1. The van der Waals surface area contributed by atoms with Gasteiger partial charge in [-0.1, -0.05) is 23.5 Å². The Balaban J connectivity index is 1.88. The van der Waals surface area contributed by atoms with Gasteiger partial charge in [-0.2, -0.15) is 0 Å². The molecule has 84 valence electrons. The molecule has 2 N–H and O–H groups in total. The normalized spacial score (nSPS) is 10.6. The molecule has 0 bridgehead atoms. The monoisotopic (exact) mass is 244 g/mol. The number of hydrogen-bond acceptors (Lipinski definition) is 4. The minimum absolute atomic E-state index is 0.282. The molecule has 1 aromatic carbocycles. The van der Waals surface area contributed by atoms with Gasteiger partial charge in [-0.05, 0) is 12.1 Å². The van der Waals surface area contributed by atoms with Crippen LogP contribution in [0.3, 0.4) is 0 Å². The Hall–Kier alpha value is -2.21. The number of rotatable bonds is 2. The fourth-order valence-electron chi connectivity index (χ4n) is 1.47. The van der Waals surface area contributed by atoms with Gasteiger partial charge in [-0.25, -0.2) is 9.97 Å². The van der Waals surface area contributed by atoms with Crippen molar-refractivity contribution < 1.29 is 4.79 Å². The number of thiazole rings is 1. The molecule has 3 aromatic rings. The van der Waals surface area contributed by atoms with E-state index in [1.807, 2.05) is 24.3 Å². The quantitative estimate of drug-likeness (QED) is 0.726. The second kappa shape index (κ2) is 3.99. The molecule has 0 fully saturated rings. The third-order valence-corrected chi connectivity index (χ3v) is 3.18. The molecule has 2 aromatic heterocycles. The van der Waals surface area contributed by atoms with Crippen LogP contribution in [-0.2, 0) is 0 Å². The molecule has 5 nitrogen and oxygen atoms in total. The maximum atomic E-state index is 11.7. The zero-order chi connectivity index (χ0) is 11.7. The van der Waals surface area contributed by atoms with Crippen molar-refractivity contribution in [3.8, 4) is 0 Å². The number of amides is 1. The first-order valence-corrected chi connectivity index (χ1v) is 5.81. The number of nitrogens with one attached hydrogen (secondary N) is 2. The molecule has 0 atom stereocenters. The van der Waals surface area contributed by atoms with Gasteiger partial charge in [0.2, 0.25) is 0 Å². The SMILES string of the molecule is O=C(Nc1nc2ccccc2s1)c1ncc[nH]1. The van der Waals surface area contributed by atoms with Crippen molar-refractivity contribution in [2.45, 2.75) is 0 Å². The first-order chi connectivity index (χ1) is 8.33. The van der Waals surface area contributed by atoms with Crippen molar-refractivity contribution in [3.05, 3.63) is 42.5 Å². The van der Waals surface area contributed by atoms with E-state index in [4.69, 9.17) is 0 Å². The minimum atomic E-state index is -0.283. The standard InChI is InChI=1S/C11H8N4OS/c16-10(9-12-5-6-13-9)15-11-14-7-3-1-2-4-8(7)17-11/h1-6H,(H,12,13)(H,14,15,16). The summed E-state index contributed by atoms with van der Waals surface area (Å²) in [6, 6.07) is 7.74. The summed E-state index contributed by atoms with van der Waals surface area (Å²) < 4.78 is 1.04. The Labute approximate surface area is 101 Å². The van der Waals surface area contributed by atoms with Crippen LogP contribution < -0.4 is 5.32 Å². The van der Waals surface area contributed by atoms with Gasteiger partial charge in [0.1, 0.15) is 0 Å². The molecule has 0 aliphatic rings. The third-order valence-electron chi connectivity index (χ3n) is 2.23. The predicted molar refractivity (Wildman–Crippen MR) is 66.2 cm³/mol. The van der Waals surface area contributed by atoms with Crippen molar-refractivity contribution >= 4 is 32.6 Å². The number of aromatic nitrogens is 3. The van der Waals surface area contributed by atoms with Crippen molar-refractivity contribution in [1.29, 1.82) is 0 Å². The van der Waals surface area contributed by atoms with Crippen LogP contribution in [0.1, 0.15) is 10.6 Å². The van der Waals surface area contributed by atoms with Crippen LogP contribution in [-0.4, -0.2) is 20.9 Å². The van der Waals surface area contributed by atoms with Crippen molar-refractivity contribution in [2.75, 3.05) is 5.32 Å². The Bertz CT molecular complexity index is 626. The van der Waals surface area contributed by atoms with Crippen molar-refractivity contribution in [1.82, 2.24) is 15.0 Å².